The van der Waals surface area contributed by atoms with Gasteiger partial charge in [-0.25, -0.2) is 0 Å². The average molecular weight is 431 g/mol. The van der Waals surface area contributed by atoms with Gasteiger partial charge in [0, 0.05) is 24.0 Å². The van der Waals surface area contributed by atoms with Gasteiger partial charge in [0.25, 0.3) is 0 Å². The minimum atomic E-state index is -1.47. The number of rotatable bonds is 10. The normalized spacial score (nSPS) is 13.7. The van der Waals surface area contributed by atoms with Crippen LogP contribution in [0.4, 0.5) is 0 Å². The summed E-state index contributed by atoms with van der Waals surface area (Å²) in [5.41, 5.74) is -0.0552. The van der Waals surface area contributed by atoms with Crippen molar-refractivity contribution in [1.29, 1.82) is 0 Å². The Labute approximate surface area is 187 Å². The summed E-state index contributed by atoms with van der Waals surface area (Å²) < 4.78 is 0. The van der Waals surface area contributed by atoms with Gasteiger partial charge >= 0.3 is 0 Å². The fraction of sp³-hybridized carbons (Fsp3) is 0.222. The lowest BCUT2D eigenvalue weighted by Gasteiger charge is -2.36. The van der Waals surface area contributed by atoms with Crippen molar-refractivity contribution < 1.29 is 24.6 Å². The molecule has 0 spiro atoms. The van der Waals surface area contributed by atoms with Crippen molar-refractivity contribution in [3.63, 3.8) is 0 Å². The van der Waals surface area contributed by atoms with Crippen molar-refractivity contribution >= 4 is 17.3 Å². The van der Waals surface area contributed by atoms with Crippen LogP contribution in [0.15, 0.2) is 84.9 Å². The maximum atomic E-state index is 13.0. The monoisotopic (exact) mass is 430 g/mol. The van der Waals surface area contributed by atoms with E-state index in [0.717, 1.165) is 0 Å². The molecule has 32 heavy (non-hydrogen) atoms. The third kappa shape index (κ3) is 5.01. The number of carbonyl (C=O) groups excluding carboxylic acids is 3. The first-order valence-corrected chi connectivity index (χ1v) is 10.5. The largest absolute Gasteiger partial charge is 0.508 e. The number of phenolic OH excluding ortho intramolecular Hbond substituents is 1. The Hall–Kier alpha value is -3.57. The summed E-state index contributed by atoms with van der Waals surface area (Å²) >= 11 is 0. The fourth-order valence-electron chi connectivity index (χ4n) is 4.05. The van der Waals surface area contributed by atoms with E-state index >= 15 is 0 Å². The zero-order valence-corrected chi connectivity index (χ0v) is 17.9. The zero-order valence-electron chi connectivity index (χ0n) is 17.9. The second-order valence-electron chi connectivity index (χ2n) is 7.87. The number of ketones is 3. The quantitative estimate of drug-likeness (QED) is 0.462. The highest BCUT2D eigenvalue weighted by Gasteiger charge is 2.45. The van der Waals surface area contributed by atoms with E-state index in [1.165, 1.54) is 19.1 Å². The molecule has 0 bridgehead atoms. The Morgan fingerprint density at radius 3 is 1.78 bits per heavy atom. The topological polar surface area (TPSA) is 91.7 Å². The Balaban J connectivity index is 1.95. The lowest BCUT2D eigenvalue weighted by Crippen LogP contribution is -2.47. The van der Waals surface area contributed by atoms with Gasteiger partial charge in [0.15, 0.2) is 11.6 Å². The lowest BCUT2D eigenvalue weighted by molar-refractivity contribution is -0.127. The second kappa shape index (κ2) is 10.2. The van der Waals surface area contributed by atoms with E-state index < -0.39 is 11.5 Å². The first-order chi connectivity index (χ1) is 15.3. The molecule has 2 atom stereocenters. The predicted molar refractivity (Wildman–Crippen MR) is 122 cm³/mol. The first-order valence-electron chi connectivity index (χ1n) is 10.5. The summed E-state index contributed by atoms with van der Waals surface area (Å²) in [5.74, 6) is -0.785. The molecule has 0 radical (unpaired) electrons. The van der Waals surface area contributed by atoms with Gasteiger partial charge in [-0.3, -0.25) is 14.4 Å². The molecule has 5 nitrogen and oxygen atoms in total. The number of hydrogen-bond donors (Lipinski definition) is 2. The highest BCUT2D eigenvalue weighted by atomic mass is 16.3. The van der Waals surface area contributed by atoms with Gasteiger partial charge < -0.3 is 10.2 Å². The van der Waals surface area contributed by atoms with E-state index in [4.69, 9.17) is 0 Å². The number of carbonyl (C=O) groups is 3. The van der Waals surface area contributed by atoms with E-state index in [-0.39, 0.29) is 42.4 Å². The number of aromatic hydroxyl groups is 1. The number of Topliss-reactive ketones (excluding diaryl/α,β-unsaturated/α-hetero) is 3. The number of benzene rings is 3. The predicted octanol–water partition coefficient (Wildman–Crippen LogP) is 4.52. The van der Waals surface area contributed by atoms with Gasteiger partial charge in [0.2, 0.25) is 0 Å². The van der Waals surface area contributed by atoms with Crippen molar-refractivity contribution in [3.8, 4) is 5.75 Å². The molecule has 164 valence electrons. The standard InChI is InChI=1S/C27H26O5/c1-19(28)27(22-12-14-23(29)15-13-22,17-16-24(30)20-8-4-2-5-9-20)26(32)18-25(31)21-10-6-3-7-11-21/h2-15,26,29,32H,16-18H2,1H3. The fourth-order valence-corrected chi connectivity index (χ4v) is 4.05. The molecule has 0 aliphatic heterocycles. The molecule has 0 aromatic heterocycles. The summed E-state index contributed by atoms with van der Waals surface area (Å²) in [5, 5.41) is 21.0. The molecule has 0 amide bonds. The first kappa shape index (κ1) is 23.1. The van der Waals surface area contributed by atoms with Crippen LogP contribution >= 0.6 is 0 Å². The third-order valence-electron chi connectivity index (χ3n) is 5.90. The van der Waals surface area contributed by atoms with Crippen LogP contribution in [0.2, 0.25) is 0 Å². The maximum absolute atomic E-state index is 13.0. The molecule has 0 fully saturated rings. The van der Waals surface area contributed by atoms with Crippen LogP contribution in [0, 0.1) is 0 Å². The minimum absolute atomic E-state index is 0.0149. The molecule has 3 aromatic carbocycles. The van der Waals surface area contributed by atoms with Gasteiger partial charge in [-0.15, -0.1) is 0 Å². The summed E-state index contributed by atoms with van der Waals surface area (Å²) in [7, 11) is 0. The summed E-state index contributed by atoms with van der Waals surface area (Å²) in [4.78, 5) is 38.6. The smallest absolute Gasteiger partial charge is 0.165 e. The van der Waals surface area contributed by atoms with Crippen molar-refractivity contribution in [1.82, 2.24) is 0 Å². The molecule has 5 heteroatoms. The Morgan fingerprint density at radius 1 is 0.781 bits per heavy atom. The molecule has 2 N–H and O–H groups in total. The Kier molecular flexibility index (Phi) is 7.33. The van der Waals surface area contributed by atoms with Crippen molar-refractivity contribution in [2.45, 2.75) is 37.7 Å². The van der Waals surface area contributed by atoms with Crippen LogP contribution in [0.5, 0.6) is 5.75 Å². The van der Waals surface area contributed by atoms with Gasteiger partial charge in [-0.2, -0.15) is 0 Å². The van der Waals surface area contributed by atoms with Crippen molar-refractivity contribution in [2.75, 3.05) is 0 Å². The van der Waals surface area contributed by atoms with Crippen LogP contribution in [0.1, 0.15) is 52.5 Å². The van der Waals surface area contributed by atoms with Gasteiger partial charge in [0.1, 0.15) is 11.5 Å². The molecule has 3 rings (SSSR count). The van der Waals surface area contributed by atoms with Crippen LogP contribution in [0.25, 0.3) is 0 Å². The van der Waals surface area contributed by atoms with Crippen LogP contribution < -0.4 is 0 Å². The molecule has 2 unspecified atom stereocenters. The molecule has 0 saturated heterocycles. The minimum Gasteiger partial charge on any atom is -0.508 e. The van der Waals surface area contributed by atoms with Crippen LogP contribution in [-0.2, 0) is 10.2 Å². The van der Waals surface area contributed by atoms with Crippen LogP contribution in [-0.4, -0.2) is 33.7 Å². The summed E-state index contributed by atoms with van der Waals surface area (Å²) in [6, 6.07) is 23.3. The molecule has 0 heterocycles. The molecule has 3 aromatic rings. The molecule has 0 saturated carbocycles. The summed E-state index contributed by atoms with van der Waals surface area (Å²) in [6.45, 7) is 1.36. The molecular weight excluding hydrogens is 404 g/mol. The number of phenols is 1. The number of hydrogen-bond acceptors (Lipinski definition) is 5. The van der Waals surface area contributed by atoms with Gasteiger partial charge in [-0.05, 0) is 31.0 Å². The Bertz CT molecular complexity index is 1070. The summed E-state index contributed by atoms with van der Waals surface area (Å²) in [6.07, 6.45) is -1.57. The van der Waals surface area contributed by atoms with E-state index in [0.29, 0.717) is 16.7 Å². The van der Waals surface area contributed by atoms with Gasteiger partial charge in [0.05, 0.1) is 11.5 Å². The van der Waals surface area contributed by atoms with E-state index in [1.807, 2.05) is 6.07 Å². The Morgan fingerprint density at radius 2 is 1.28 bits per heavy atom. The molecular formula is C27H26O5. The number of aliphatic hydroxyl groups excluding tert-OH is 1. The second-order valence-corrected chi connectivity index (χ2v) is 7.87. The van der Waals surface area contributed by atoms with Crippen LogP contribution in [0.3, 0.4) is 0 Å². The van der Waals surface area contributed by atoms with Gasteiger partial charge in [-0.1, -0.05) is 72.8 Å². The van der Waals surface area contributed by atoms with E-state index in [1.54, 1.807) is 66.7 Å². The van der Waals surface area contributed by atoms with E-state index in [9.17, 15) is 24.6 Å². The maximum Gasteiger partial charge on any atom is 0.165 e. The average Bonchev–Trinajstić information content (AvgIpc) is 2.81. The molecule has 0 aliphatic rings. The highest BCUT2D eigenvalue weighted by Crippen LogP contribution is 2.37. The highest BCUT2D eigenvalue weighted by molar-refractivity contribution is 5.99. The van der Waals surface area contributed by atoms with Crippen molar-refractivity contribution in [2.24, 2.45) is 0 Å². The number of aliphatic hydroxyl groups is 1. The van der Waals surface area contributed by atoms with Crippen molar-refractivity contribution in [3.05, 3.63) is 102 Å². The SMILES string of the molecule is CC(=O)C(CCC(=O)c1ccccc1)(c1ccc(O)cc1)C(O)CC(=O)c1ccccc1. The lowest BCUT2D eigenvalue weighted by atomic mass is 9.67. The third-order valence-corrected chi connectivity index (χ3v) is 5.90. The van der Waals surface area contributed by atoms with E-state index in [2.05, 4.69) is 0 Å². The molecule has 0 aliphatic carbocycles. The zero-order chi connectivity index (χ0) is 23.1.